The predicted octanol–water partition coefficient (Wildman–Crippen LogP) is 2.22. The number of rotatable bonds is 6. The average Bonchev–Trinajstić information content (AvgIpc) is 3.71. The van der Waals surface area contributed by atoms with Crippen LogP contribution in [0.15, 0.2) is 67.3 Å². The van der Waals surface area contributed by atoms with Crippen molar-refractivity contribution in [2.24, 2.45) is 0 Å². The Bertz CT molecular complexity index is 1430. The summed E-state index contributed by atoms with van der Waals surface area (Å²) in [5.41, 5.74) is 2.23. The van der Waals surface area contributed by atoms with Gasteiger partial charge in [-0.15, -0.1) is 0 Å². The Kier molecular flexibility index (Phi) is 6.19. The zero-order valence-corrected chi connectivity index (χ0v) is 20.2. The molecule has 2 aromatic heterocycles. The molecular formula is C24H21N9O3S. The van der Waals surface area contributed by atoms with Gasteiger partial charge in [0.15, 0.2) is 5.11 Å². The molecule has 0 saturated carbocycles. The van der Waals surface area contributed by atoms with Crippen molar-refractivity contribution in [3.63, 3.8) is 0 Å². The summed E-state index contributed by atoms with van der Waals surface area (Å²) in [7, 11) is 0. The topological polar surface area (TPSA) is 137 Å². The van der Waals surface area contributed by atoms with Crippen LogP contribution >= 0.6 is 12.2 Å². The minimum absolute atomic E-state index is 0.161. The molecule has 0 aliphatic carbocycles. The third-order valence-corrected chi connectivity index (χ3v) is 6.44. The second kappa shape index (κ2) is 9.94. The largest absolute Gasteiger partial charge is 0.423 e. The van der Waals surface area contributed by atoms with Crippen LogP contribution in [-0.2, 0) is 9.47 Å². The lowest BCUT2D eigenvalue weighted by Gasteiger charge is -2.20. The van der Waals surface area contributed by atoms with Crippen LogP contribution in [0.1, 0.15) is 11.6 Å². The third-order valence-electron chi connectivity index (χ3n) is 6.22. The summed E-state index contributed by atoms with van der Waals surface area (Å²) >= 11 is 5.47. The number of fused-ring (bicyclic) bond motifs is 1. The van der Waals surface area contributed by atoms with Crippen LogP contribution in [0.4, 0.5) is 5.69 Å². The lowest BCUT2D eigenvalue weighted by molar-refractivity contribution is 0.0615. The van der Waals surface area contributed by atoms with E-state index in [0.29, 0.717) is 29.6 Å². The monoisotopic (exact) mass is 515 g/mol. The fourth-order valence-corrected chi connectivity index (χ4v) is 4.75. The van der Waals surface area contributed by atoms with Gasteiger partial charge in [-0.05, 0) is 65.1 Å². The molecule has 4 aromatic rings. The molecule has 2 saturated heterocycles. The molecule has 186 valence electrons. The molecule has 0 radical (unpaired) electrons. The van der Waals surface area contributed by atoms with Gasteiger partial charge in [-0.1, -0.05) is 11.2 Å². The van der Waals surface area contributed by atoms with Gasteiger partial charge >= 0.3 is 6.01 Å². The fraction of sp³-hybridized carbons (Fsp3) is 0.250. The first-order valence-electron chi connectivity index (χ1n) is 11.5. The van der Waals surface area contributed by atoms with Crippen LogP contribution in [0.25, 0.3) is 5.69 Å². The third kappa shape index (κ3) is 4.73. The molecule has 2 fully saturated rings. The first-order chi connectivity index (χ1) is 18.2. The number of nitrogens with one attached hydrogen (secondary N) is 2. The number of hydrogen-bond acceptors (Lipinski definition) is 9. The molecule has 2 N–H and O–H groups in total. The van der Waals surface area contributed by atoms with Crippen LogP contribution < -0.4 is 15.4 Å². The molecule has 0 bridgehead atoms. The number of hydrogen-bond donors (Lipinski definition) is 2. The molecule has 4 heterocycles. The van der Waals surface area contributed by atoms with Crippen LogP contribution in [0, 0.1) is 11.3 Å². The minimum Gasteiger partial charge on any atom is -0.423 e. The van der Waals surface area contributed by atoms with Crippen LogP contribution in [0.2, 0.25) is 0 Å². The Balaban J connectivity index is 1.09. The molecule has 6 rings (SSSR count). The summed E-state index contributed by atoms with van der Waals surface area (Å²) in [5.74, 6) is 0.596. The summed E-state index contributed by atoms with van der Waals surface area (Å²) < 4.78 is 21.6. The number of anilines is 1. The van der Waals surface area contributed by atoms with Gasteiger partial charge in [0.25, 0.3) is 0 Å². The standard InChI is InChI=1S/C24H21N9O3S/c25-11-15-2-1-3-16(10-15)27-23(37)28-19-12-34-22-20(13-35-21(19)22)33-24(29-30-31-33)36-18-6-4-17(5-7-18)32-9-8-26-14-32/h1-10,14,19-22H,12-13H2,(H2,27,28,37)/t19-,20-,21+,22+/m0/s1. The summed E-state index contributed by atoms with van der Waals surface area (Å²) in [6.07, 6.45) is 4.79. The second-order valence-corrected chi connectivity index (χ2v) is 8.94. The van der Waals surface area contributed by atoms with Crippen LogP contribution in [0.3, 0.4) is 0 Å². The van der Waals surface area contributed by atoms with Crippen molar-refractivity contribution < 1.29 is 14.2 Å². The molecule has 12 nitrogen and oxygen atoms in total. The van der Waals surface area contributed by atoms with E-state index in [9.17, 15) is 0 Å². The molecule has 4 atom stereocenters. The van der Waals surface area contributed by atoms with Crippen molar-refractivity contribution in [1.82, 2.24) is 35.1 Å². The molecule has 0 amide bonds. The average molecular weight is 516 g/mol. The van der Waals surface area contributed by atoms with Gasteiger partial charge in [0.05, 0.1) is 37.2 Å². The van der Waals surface area contributed by atoms with E-state index in [-0.39, 0.29) is 30.3 Å². The molecule has 13 heteroatoms. The highest BCUT2D eigenvalue weighted by molar-refractivity contribution is 7.80. The van der Waals surface area contributed by atoms with Crippen LogP contribution in [-0.4, -0.2) is 66.3 Å². The van der Waals surface area contributed by atoms with Crippen LogP contribution in [0.5, 0.6) is 11.8 Å². The number of nitrogens with zero attached hydrogens (tertiary/aromatic N) is 7. The number of aromatic nitrogens is 6. The Hall–Kier alpha value is -4.38. The molecule has 0 spiro atoms. The summed E-state index contributed by atoms with van der Waals surface area (Å²) in [4.78, 5) is 4.06. The first-order valence-corrected chi connectivity index (χ1v) is 11.9. The number of nitriles is 1. The SMILES string of the molecule is N#Cc1cccc(NC(=S)N[C@H]2CO[C@H]3[C@@H]2OC[C@@H]3n2nnnc2Oc2ccc(-n3ccnc3)cc2)c1. The first kappa shape index (κ1) is 23.0. The minimum atomic E-state index is -0.281. The summed E-state index contributed by atoms with van der Waals surface area (Å²) in [6.45, 7) is 0.763. The van der Waals surface area contributed by atoms with Crippen molar-refractivity contribution in [3.8, 4) is 23.5 Å². The van der Waals surface area contributed by atoms with E-state index in [0.717, 1.165) is 11.4 Å². The molecule has 37 heavy (non-hydrogen) atoms. The summed E-state index contributed by atoms with van der Waals surface area (Å²) in [5, 5.41) is 27.9. The van der Waals surface area contributed by atoms with Gasteiger partial charge < -0.3 is 29.4 Å². The number of thiocarbonyl (C=S) groups is 1. The van der Waals surface area contributed by atoms with Gasteiger partial charge in [0.1, 0.15) is 24.0 Å². The Morgan fingerprint density at radius 2 is 2.00 bits per heavy atom. The number of tetrazole rings is 1. The van der Waals surface area contributed by atoms with Crippen molar-refractivity contribution in [1.29, 1.82) is 5.26 Å². The fourth-order valence-electron chi connectivity index (χ4n) is 4.48. The molecule has 2 aliphatic rings. The normalized spacial score (nSPS) is 22.2. The van der Waals surface area contributed by atoms with Gasteiger partial charge in [0.2, 0.25) is 0 Å². The Morgan fingerprint density at radius 1 is 1.14 bits per heavy atom. The highest BCUT2D eigenvalue weighted by atomic mass is 32.1. The number of benzene rings is 2. The molecule has 2 aromatic carbocycles. The van der Waals surface area contributed by atoms with Crippen molar-refractivity contribution >= 4 is 23.0 Å². The lowest BCUT2D eigenvalue weighted by atomic mass is 10.1. The maximum Gasteiger partial charge on any atom is 0.341 e. The summed E-state index contributed by atoms with van der Waals surface area (Å²) in [6, 6.07) is 16.6. The molecule has 2 aliphatic heterocycles. The Morgan fingerprint density at radius 3 is 2.81 bits per heavy atom. The smallest absolute Gasteiger partial charge is 0.341 e. The maximum absolute atomic E-state index is 9.09. The highest BCUT2D eigenvalue weighted by Gasteiger charge is 2.50. The van der Waals surface area contributed by atoms with E-state index in [1.165, 1.54) is 0 Å². The zero-order chi connectivity index (χ0) is 25.2. The van der Waals surface area contributed by atoms with Crippen molar-refractivity contribution in [3.05, 3.63) is 72.8 Å². The van der Waals surface area contributed by atoms with E-state index >= 15 is 0 Å². The van der Waals surface area contributed by atoms with Gasteiger partial charge in [0, 0.05) is 23.8 Å². The molecular weight excluding hydrogens is 494 g/mol. The quantitative estimate of drug-likeness (QED) is 0.366. The predicted molar refractivity (Wildman–Crippen MR) is 134 cm³/mol. The van der Waals surface area contributed by atoms with E-state index < -0.39 is 0 Å². The second-order valence-electron chi connectivity index (χ2n) is 8.53. The van der Waals surface area contributed by atoms with E-state index in [2.05, 4.69) is 37.2 Å². The van der Waals surface area contributed by atoms with Crippen molar-refractivity contribution in [2.75, 3.05) is 18.5 Å². The van der Waals surface area contributed by atoms with Crippen molar-refractivity contribution in [2.45, 2.75) is 24.3 Å². The highest BCUT2D eigenvalue weighted by Crippen LogP contribution is 2.36. The zero-order valence-electron chi connectivity index (χ0n) is 19.3. The molecule has 0 unspecified atom stereocenters. The number of imidazole rings is 1. The Labute approximate surface area is 216 Å². The van der Waals surface area contributed by atoms with E-state index in [1.54, 1.807) is 35.4 Å². The van der Waals surface area contributed by atoms with E-state index in [1.807, 2.05) is 41.1 Å². The number of ether oxygens (including phenoxy) is 3. The lowest BCUT2D eigenvalue weighted by Crippen LogP contribution is -2.45. The van der Waals surface area contributed by atoms with Gasteiger partial charge in [-0.2, -0.15) is 9.94 Å². The van der Waals surface area contributed by atoms with E-state index in [4.69, 9.17) is 31.7 Å². The van der Waals surface area contributed by atoms with Gasteiger partial charge in [-0.25, -0.2) is 4.98 Å². The van der Waals surface area contributed by atoms with Gasteiger partial charge in [-0.3, -0.25) is 0 Å². The maximum atomic E-state index is 9.09.